The zero-order chi connectivity index (χ0) is 21.6. The summed E-state index contributed by atoms with van der Waals surface area (Å²) in [6.45, 7) is 4.52. The summed E-state index contributed by atoms with van der Waals surface area (Å²) in [6.07, 6.45) is 0. The highest BCUT2D eigenvalue weighted by atomic mass is 32.2. The molecule has 3 rings (SSSR count). The Balaban J connectivity index is 1.60. The maximum Gasteiger partial charge on any atom is 0.264 e. The first kappa shape index (κ1) is 22.1. The van der Waals surface area contributed by atoms with Gasteiger partial charge in [0.25, 0.3) is 15.9 Å². The van der Waals surface area contributed by atoms with Crippen LogP contribution in [0.25, 0.3) is 0 Å². The Hall–Kier alpha value is -2.62. The molecule has 2 aromatic rings. The number of amides is 1. The van der Waals surface area contributed by atoms with E-state index in [2.05, 4.69) is 10.2 Å². The Kier molecular flexibility index (Phi) is 7.30. The van der Waals surface area contributed by atoms with Gasteiger partial charge in [-0.25, -0.2) is 8.42 Å². The molecular formula is C21H27N3O5S. The van der Waals surface area contributed by atoms with E-state index < -0.39 is 10.0 Å². The molecule has 162 valence electrons. The van der Waals surface area contributed by atoms with Gasteiger partial charge in [-0.05, 0) is 48.5 Å². The number of hydrogen-bond donors (Lipinski definition) is 1. The molecule has 0 bridgehead atoms. The highest BCUT2D eigenvalue weighted by Gasteiger charge is 2.21. The van der Waals surface area contributed by atoms with Gasteiger partial charge < -0.3 is 14.8 Å². The second-order valence-corrected chi connectivity index (χ2v) is 8.87. The van der Waals surface area contributed by atoms with Crippen molar-refractivity contribution >= 4 is 21.6 Å². The largest absolute Gasteiger partial charge is 0.497 e. The number of anilines is 1. The number of nitrogens with one attached hydrogen (secondary N) is 1. The van der Waals surface area contributed by atoms with Crippen LogP contribution in [0.5, 0.6) is 5.75 Å². The van der Waals surface area contributed by atoms with Crippen molar-refractivity contribution in [2.24, 2.45) is 0 Å². The molecule has 0 unspecified atom stereocenters. The average molecular weight is 434 g/mol. The molecule has 30 heavy (non-hydrogen) atoms. The summed E-state index contributed by atoms with van der Waals surface area (Å²) in [6, 6.07) is 12.7. The predicted octanol–water partition coefficient (Wildman–Crippen LogP) is 1.58. The second-order valence-electron chi connectivity index (χ2n) is 6.90. The summed E-state index contributed by atoms with van der Waals surface area (Å²) in [5, 5.41) is 2.90. The molecule has 1 aliphatic heterocycles. The van der Waals surface area contributed by atoms with Gasteiger partial charge in [-0.15, -0.1) is 0 Å². The number of benzene rings is 2. The Morgan fingerprint density at radius 1 is 1.10 bits per heavy atom. The van der Waals surface area contributed by atoms with Crippen LogP contribution in [0.3, 0.4) is 0 Å². The third-order valence-electron chi connectivity index (χ3n) is 5.03. The minimum atomic E-state index is -3.72. The maximum absolute atomic E-state index is 12.8. The van der Waals surface area contributed by atoms with E-state index in [0.29, 0.717) is 23.5 Å². The summed E-state index contributed by atoms with van der Waals surface area (Å²) in [4.78, 5) is 14.8. The van der Waals surface area contributed by atoms with Crippen LogP contribution in [0.1, 0.15) is 10.4 Å². The zero-order valence-electron chi connectivity index (χ0n) is 17.2. The summed E-state index contributed by atoms with van der Waals surface area (Å²) >= 11 is 0. The van der Waals surface area contributed by atoms with E-state index in [4.69, 9.17) is 9.47 Å². The third kappa shape index (κ3) is 5.29. The zero-order valence-corrected chi connectivity index (χ0v) is 18.0. The second kappa shape index (κ2) is 9.92. The van der Waals surface area contributed by atoms with E-state index in [1.165, 1.54) is 30.6 Å². The smallest absolute Gasteiger partial charge is 0.264 e. The molecule has 0 radical (unpaired) electrons. The van der Waals surface area contributed by atoms with Crippen LogP contribution in [-0.2, 0) is 14.8 Å². The highest BCUT2D eigenvalue weighted by molar-refractivity contribution is 7.92. The Bertz CT molecular complexity index is 940. The van der Waals surface area contributed by atoms with Crippen molar-refractivity contribution in [3.05, 3.63) is 54.1 Å². The van der Waals surface area contributed by atoms with Crippen LogP contribution >= 0.6 is 0 Å². The first-order valence-electron chi connectivity index (χ1n) is 9.73. The van der Waals surface area contributed by atoms with Gasteiger partial charge in [0.05, 0.1) is 30.9 Å². The maximum atomic E-state index is 12.8. The number of nitrogens with zero attached hydrogens (tertiary/aromatic N) is 2. The minimum Gasteiger partial charge on any atom is -0.497 e. The Morgan fingerprint density at radius 3 is 2.33 bits per heavy atom. The van der Waals surface area contributed by atoms with Crippen LogP contribution in [0.2, 0.25) is 0 Å². The molecule has 0 aliphatic carbocycles. The summed E-state index contributed by atoms with van der Waals surface area (Å²) in [7, 11) is -0.708. The number of morpholine rings is 1. The third-order valence-corrected chi connectivity index (χ3v) is 6.83. The van der Waals surface area contributed by atoms with E-state index in [1.54, 1.807) is 36.4 Å². The van der Waals surface area contributed by atoms with E-state index in [0.717, 1.165) is 32.8 Å². The lowest BCUT2D eigenvalue weighted by molar-refractivity contribution is 0.0383. The highest BCUT2D eigenvalue weighted by Crippen LogP contribution is 2.24. The van der Waals surface area contributed by atoms with Crippen LogP contribution in [-0.4, -0.2) is 72.8 Å². The fraction of sp³-hybridized carbons (Fsp3) is 0.381. The van der Waals surface area contributed by atoms with Gasteiger partial charge in [0, 0.05) is 38.8 Å². The van der Waals surface area contributed by atoms with Crippen molar-refractivity contribution < 1.29 is 22.7 Å². The first-order chi connectivity index (χ1) is 14.4. The van der Waals surface area contributed by atoms with Crippen LogP contribution < -0.4 is 14.4 Å². The molecule has 0 saturated carbocycles. The number of carbonyl (C=O) groups is 1. The lowest BCUT2D eigenvalue weighted by Crippen LogP contribution is -2.41. The molecule has 1 amide bonds. The summed E-state index contributed by atoms with van der Waals surface area (Å²) < 4.78 is 37.2. The molecule has 0 atom stereocenters. The molecule has 0 spiro atoms. The first-order valence-corrected chi connectivity index (χ1v) is 11.2. The Morgan fingerprint density at radius 2 is 1.73 bits per heavy atom. The fourth-order valence-corrected chi connectivity index (χ4v) is 4.32. The summed E-state index contributed by atoms with van der Waals surface area (Å²) in [5.74, 6) is 0.399. The quantitative estimate of drug-likeness (QED) is 0.680. The average Bonchev–Trinajstić information content (AvgIpc) is 2.79. The number of rotatable bonds is 8. The van der Waals surface area contributed by atoms with Crippen molar-refractivity contribution in [2.75, 3.05) is 57.9 Å². The number of ether oxygens (including phenoxy) is 2. The van der Waals surface area contributed by atoms with Crippen molar-refractivity contribution in [3.63, 3.8) is 0 Å². The SMILES string of the molecule is COc1ccc(S(=O)(=O)N(C)c2ccc(C(=O)NCCN3CCOCC3)cc2)cc1. The number of hydrogen-bond acceptors (Lipinski definition) is 6. The molecule has 1 heterocycles. The molecule has 8 nitrogen and oxygen atoms in total. The molecule has 2 aromatic carbocycles. The number of sulfonamides is 1. The molecule has 1 N–H and O–H groups in total. The fourth-order valence-electron chi connectivity index (χ4n) is 3.12. The molecule has 1 saturated heterocycles. The van der Waals surface area contributed by atoms with Crippen LogP contribution in [0, 0.1) is 0 Å². The topological polar surface area (TPSA) is 88.2 Å². The standard InChI is InChI=1S/C21H27N3O5S/c1-23(30(26,27)20-9-7-19(28-2)8-10-20)18-5-3-17(4-6-18)21(25)22-11-12-24-13-15-29-16-14-24/h3-10H,11-16H2,1-2H3,(H,22,25). The predicted molar refractivity (Wildman–Crippen MR) is 115 cm³/mol. The van der Waals surface area contributed by atoms with Gasteiger partial charge in [0.15, 0.2) is 0 Å². The van der Waals surface area contributed by atoms with Crippen LogP contribution in [0.4, 0.5) is 5.69 Å². The van der Waals surface area contributed by atoms with Gasteiger partial charge in [0.2, 0.25) is 0 Å². The van der Waals surface area contributed by atoms with Gasteiger partial charge in [-0.2, -0.15) is 0 Å². The lowest BCUT2D eigenvalue weighted by Gasteiger charge is -2.26. The lowest BCUT2D eigenvalue weighted by atomic mass is 10.2. The van der Waals surface area contributed by atoms with Crippen LogP contribution in [0.15, 0.2) is 53.4 Å². The van der Waals surface area contributed by atoms with Crippen molar-refractivity contribution in [2.45, 2.75) is 4.90 Å². The minimum absolute atomic E-state index is 0.163. The molecule has 1 fully saturated rings. The van der Waals surface area contributed by atoms with Gasteiger partial charge in [-0.3, -0.25) is 14.0 Å². The normalized spacial score (nSPS) is 14.9. The number of carbonyl (C=O) groups excluding carboxylic acids is 1. The van der Waals surface area contributed by atoms with Gasteiger partial charge in [-0.1, -0.05) is 0 Å². The van der Waals surface area contributed by atoms with Gasteiger partial charge in [0.1, 0.15) is 5.75 Å². The molecular weight excluding hydrogens is 406 g/mol. The van der Waals surface area contributed by atoms with E-state index in [1.807, 2.05) is 0 Å². The monoisotopic (exact) mass is 433 g/mol. The molecule has 9 heteroatoms. The van der Waals surface area contributed by atoms with Crippen molar-refractivity contribution in [1.29, 1.82) is 0 Å². The van der Waals surface area contributed by atoms with Gasteiger partial charge >= 0.3 is 0 Å². The summed E-state index contributed by atoms with van der Waals surface area (Å²) in [5.41, 5.74) is 0.951. The molecule has 1 aliphatic rings. The van der Waals surface area contributed by atoms with Crippen molar-refractivity contribution in [1.82, 2.24) is 10.2 Å². The van der Waals surface area contributed by atoms with E-state index in [9.17, 15) is 13.2 Å². The Labute approximate surface area is 177 Å². The van der Waals surface area contributed by atoms with E-state index >= 15 is 0 Å². The molecule has 0 aromatic heterocycles. The number of methoxy groups -OCH3 is 1. The van der Waals surface area contributed by atoms with Crippen molar-refractivity contribution in [3.8, 4) is 5.75 Å². The van der Waals surface area contributed by atoms with E-state index in [-0.39, 0.29) is 10.8 Å².